The zero-order valence-electron chi connectivity index (χ0n) is 18.0. The zero-order chi connectivity index (χ0) is 22.5. The number of thioether (sulfide) groups is 1. The number of carbonyl (C=O) groups excluding carboxylic acids is 3. The van der Waals surface area contributed by atoms with Gasteiger partial charge in [-0.2, -0.15) is 5.26 Å². The third-order valence-electron chi connectivity index (χ3n) is 5.91. The first-order chi connectivity index (χ1) is 14.8. The number of rotatable bonds is 5. The van der Waals surface area contributed by atoms with Crippen molar-refractivity contribution in [3.05, 3.63) is 46.0 Å². The molecule has 3 atom stereocenters. The second kappa shape index (κ2) is 10.0. The highest BCUT2D eigenvalue weighted by Gasteiger charge is 2.32. The van der Waals surface area contributed by atoms with Crippen molar-refractivity contribution in [2.75, 3.05) is 12.9 Å². The van der Waals surface area contributed by atoms with Crippen LogP contribution in [0.4, 0.5) is 0 Å². The topological polar surface area (TPSA) is 99.5 Å². The SMILES string of the molecule is COC(=O)c1ccc([C@H]2CC(=O)NC(SCC(=O)N3[C@H](C)CCC[C@@H]3C)=C2C#N)cc1. The number of allylic oxidation sites excluding steroid dienone is 1. The minimum Gasteiger partial charge on any atom is -0.465 e. The first-order valence-corrected chi connectivity index (χ1v) is 11.4. The summed E-state index contributed by atoms with van der Waals surface area (Å²) in [5.74, 6) is -0.872. The number of nitriles is 1. The molecule has 7 nitrogen and oxygen atoms in total. The van der Waals surface area contributed by atoms with Crippen molar-refractivity contribution < 1.29 is 19.1 Å². The Balaban J connectivity index is 1.79. The second-order valence-corrected chi connectivity index (χ2v) is 8.98. The van der Waals surface area contributed by atoms with Crippen LogP contribution in [-0.2, 0) is 14.3 Å². The van der Waals surface area contributed by atoms with Gasteiger partial charge in [-0.3, -0.25) is 9.59 Å². The largest absolute Gasteiger partial charge is 0.465 e. The number of amides is 2. The summed E-state index contributed by atoms with van der Waals surface area (Å²) in [5, 5.41) is 13.0. The molecule has 0 unspecified atom stereocenters. The lowest BCUT2D eigenvalue weighted by atomic mass is 9.87. The molecule has 3 rings (SSSR count). The molecule has 8 heteroatoms. The summed E-state index contributed by atoms with van der Waals surface area (Å²) in [6, 6.07) is 9.33. The Hall–Kier alpha value is -2.79. The van der Waals surface area contributed by atoms with E-state index < -0.39 is 11.9 Å². The lowest BCUT2D eigenvalue weighted by Crippen LogP contribution is -2.48. The molecule has 1 fully saturated rings. The van der Waals surface area contributed by atoms with Crippen molar-refractivity contribution in [2.24, 2.45) is 0 Å². The van der Waals surface area contributed by atoms with Crippen molar-refractivity contribution in [3.8, 4) is 6.07 Å². The van der Waals surface area contributed by atoms with Crippen molar-refractivity contribution in [3.63, 3.8) is 0 Å². The summed E-state index contributed by atoms with van der Waals surface area (Å²) in [6.07, 6.45) is 3.24. The van der Waals surface area contributed by atoms with E-state index in [0.29, 0.717) is 16.2 Å². The molecule has 0 saturated carbocycles. The van der Waals surface area contributed by atoms with Crippen molar-refractivity contribution >= 4 is 29.5 Å². The summed E-state index contributed by atoms with van der Waals surface area (Å²) in [6.45, 7) is 4.13. The lowest BCUT2D eigenvalue weighted by Gasteiger charge is -2.39. The molecule has 164 valence electrons. The van der Waals surface area contributed by atoms with Crippen LogP contribution in [0.15, 0.2) is 34.9 Å². The average molecular weight is 442 g/mol. The molecule has 0 aliphatic carbocycles. The third kappa shape index (κ3) is 5.10. The Labute approximate surface area is 186 Å². The maximum Gasteiger partial charge on any atom is 0.337 e. The van der Waals surface area contributed by atoms with Gasteiger partial charge in [0.15, 0.2) is 0 Å². The molecule has 2 aliphatic rings. The van der Waals surface area contributed by atoms with Gasteiger partial charge >= 0.3 is 5.97 Å². The van der Waals surface area contributed by atoms with Gasteiger partial charge in [-0.25, -0.2) is 4.79 Å². The van der Waals surface area contributed by atoms with Gasteiger partial charge in [-0.1, -0.05) is 23.9 Å². The van der Waals surface area contributed by atoms with Gasteiger partial charge in [0.1, 0.15) is 0 Å². The predicted octanol–water partition coefficient (Wildman–Crippen LogP) is 3.33. The standard InChI is InChI=1S/C23H27N3O4S/c1-14-5-4-6-15(2)26(14)21(28)13-31-22-19(12-24)18(11-20(27)25-22)16-7-9-17(10-8-16)23(29)30-3/h7-10,14-15,18H,4-6,11,13H2,1-3H3,(H,25,27)/t14-,15+,18-/m1/s1. The number of carbonyl (C=O) groups is 3. The summed E-state index contributed by atoms with van der Waals surface area (Å²) >= 11 is 1.21. The van der Waals surface area contributed by atoms with Crippen LogP contribution in [0.1, 0.15) is 61.4 Å². The van der Waals surface area contributed by atoms with Crippen LogP contribution in [-0.4, -0.2) is 47.6 Å². The summed E-state index contributed by atoms with van der Waals surface area (Å²) in [7, 11) is 1.31. The van der Waals surface area contributed by atoms with Crippen molar-refractivity contribution in [1.29, 1.82) is 5.26 Å². The number of ether oxygens (including phenoxy) is 1. The monoisotopic (exact) mass is 441 g/mol. The fourth-order valence-corrected chi connectivity index (χ4v) is 5.25. The summed E-state index contributed by atoms with van der Waals surface area (Å²) in [5.41, 5.74) is 1.60. The van der Waals surface area contributed by atoms with E-state index in [-0.39, 0.29) is 36.1 Å². The van der Waals surface area contributed by atoms with E-state index in [1.807, 2.05) is 4.90 Å². The minimum absolute atomic E-state index is 0.0216. The molecule has 0 aromatic heterocycles. The molecule has 1 aromatic rings. The van der Waals surface area contributed by atoms with Gasteiger partial charge in [0.05, 0.1) is 35.1 Å². The van der Waals surface area contributed by atoms with Gasteiger partial charge in [0.25, 0.3) is 0 Å². The Morgan fingerprint density at radius 3 is 2.45 bits per heavy atom. The molecular weight excluding hydrogens is 414 g/mol. The molecule has 1 aromatic carbocycles. The van der Waals surface area contributed by atoms with Crippen LogP contribution in [0.25, 0.3) is 0 Å². The summed E-state index contributed by atoms with van der Waals surface area (Å²) < 4.78 is 4.71. The molecule has 1 saturated heterocycles. The number of benzene rings is 1. The number of hydrogen-bond donors (Lipinski definition) is 1. The lowest BCUT2D eigenvalue weighted by molar-refractivity contribution is -0.134. The first-order valence-electron chi connectivity index (χ1n) is 10.4. The number of esters is 1. The van der Waals surface area contributed by atoms with Gasteiger partial charge in [-0.15, -0.1) is 0 Å². The zero-order valence-corrected chi connectivity index (χ0v) is 18.8. The number of nitrogens with zero attached hydrogens (tertiary/aromatic N) is 2. The molecule has 2 amide bonds. The number of nitrogens with one attached hydrogen (secondary N) is 1. The van der Waals surface area contributed by atoms with Gasteiger partial charge < -0.3 is 15.0 Å². The molecule has 0 bridgehead atoms. The fourth-order valence-electron chi connectivity index (χ4n) is 4.31. The van der Waals surface area contributed by atoms with Gasteiger partial charge in [0.2, 0.25) is 11.8 Å². The quantitative estimate of drug-likeness (QED) is 0.704. The van der Waals surface area contributed by atoms with E-state index in [4.69, 9.17) is 4.74 Å². The van der Waals surface area contributed by atoms with E-state index >= 15 is 0 Å². The Bertz CT molecular complexity index is 925. The molecule has 2 aliphatic heterocycles. The number of hydrogen-bond acceptors (Lipinski definition) is 6. The number of methoxy groups -OCH3 is 1. The maximum atomic E-state index is 12.9. The Kier molecular flexibility index (Phi) is 7.39. The third-order valence-corrected chi connectivity index (χ3v) is 6.91. The minimum atomic E-state index is -0.445. The Morgan fingerprint density at radius 1 is 1.23 bits per heavy atom. The van der Waals surface area contributed by atoms with Crippen LogP contribution in [0, 0.1) is 11.3 Å². The maximum absolute atomic E-state index is 12.9. The molecule has 31 heavy (non-hydrogen) atoms. The van der Waals surface area contributed by atoms with Gasteiger partial charge in [0, 0.05) is 24.4 Å². The number of likely N-dealkylation sites (tertiary alicyclic amines) is 1. The van der Waals surface area contributed by atoms with E-state index in [0.717, 1.165) is 24.8 Å². The predicted molar refractivity (Wildman–Crippen MR) is 118 cm³/mol. The molecule has 2 heterocycles. The van der Waals surface area contributed by atoms with E-state index in [2.05, 4.69) is 25.2 Å². The highest BCUT2D eigenvalue weighted by molar-refractivity contribution is 8.03. The normalized spacial score (nSPS) is 23.7. The average Bonchev–Trinajstić information content (AvgIpc) is 2.76. The Morgan fingerprint density at radius 2 is 1.87 bits per heavy atom. The van der Waals surface area contributed by atoms with E-state index in [9.17, 15) is 19.6 Å². The molecular formula is C23H27N3O4S. The highest BCUT2D eigenvalue weighted by atomic mass is 32.2. The molecule has 1 N–H and O–H groups in total. The van der Waals surface area contributed by atoms with E-state index in [1.54, 1.807) is 24.3 Å². The van der Waals surface area contributed by atoms with Gasteiger partial charge in [-0.05, 0) is 50.8 Å². The first kappa shape index (κ1) is 22.9. The van der Waals surface area contributed by atoms with E-state index in [1.165, 1.54) is 18.9 Å². The summed E-state index contributed by atoms with van der Waals surface area (Å²) in [4.78, 5) is 38.8. The molecule has 0 radical (unpaired) electrons. The number of piperidine rings is 1. The highest BCUT2D eigenvalue weighted by Crippen LogP contribution is 2.36. The van der Waals surface area contributed by atoms with Crippen LogP contribution < -0.4 is 5.32 Å². The fraction of sp³-hybridized carbons (Fsp3) is 0.478. The van der Waals surface area contributed by atoms with Crippen molar-refractivity contribution in [2.45, 2.75) is 57.5 Å². The smallest absolute Gasteiger partial charge is 0.337 e. The van der Waals surface area contributed by atoms with Crippen LogP contribution in [0.3, 0.4) is 0 Å². The second-order valence-electron chi connectivity index (χ2n) is 7.99. The van der Waals surface area contributed by atoms with Crippen molar-refractivity contribution in [1.82, 2.24) is 10.2 Å². The van der Waals surface area contributed by atoms with Crippen LogP contribution >= 0.6 is 11.8 Å². The molecule has 0 spiro atoms. The van der Waals surface area contributed by atoms with Crippen LogP contribution in [0.5, 0.6) is 0 Å². The van der Waals surface area contributed by atoms with Crippen LogP contribution in [0.2, 0.25) is 0 Å².